The fourth-order valence-corrected chi connectivity index (χ4v) is 6.51. The Kier molecular flexibility index (Phi) is 6.85. The Hall–Kier alpha value is -0.380. The minimum atomic E-state index is 0.0601. The summed E-state index contributed by atoms with van der Waals surface area (Å²) < 4.78 is 12.7. The van der Waals surface area contributed by atoms with Gasteiger partial charge in [-0.2, -0.15) is 0 Å². The van der Waals surface area contributed by atoms with Gasteiger partial charge in [0.05, 0.1) is 12.7 Å². The molecule has 0 aromatic heterocycles. The molecule has 26 heavy (non-hydrogen) atoms. The maximum absolute atomic E-state index is 9.54. The van der Waals surface area contributed by atoms with Gasteiger partial charge in [-0.1, -0.05) is 45.8 Å². The highest BCUT2D eigenvalue weighted by atomic mass is 16.7. The summed E-state index contributed by atoms with van der Waals surface area (Å²) in [5.74, 6) is 2.29. The summed E-state index contributed by atoms with van der Waals surface area (Å²) in [5.41, 5.74) is 1.63. The molecule has 0 aromatic carbocycles. The SMILES string of the molecule is C=C1CCC2C3CO[C@@H](C4CCCC4)OC3CCC2(C)C1CCO.CC. The third-order valence-electron chi connectivity index (χ3n) is 7.84. The molecule has 0 spiro atoms. The van der Waals surface area contributed by atoms with Crippen molar-refractivity contribution in [3.05, 3.63) is 12.2 Å². The molecule has 0 bridgehead atoms. The van der Waals surface area contributed by atoms with Crippen molar-refractivity contribution in [1.82, 2.24) is 0 Å². The molecule has 0 radical (unpaired) electrons. The average molecular weight is 365 g/mol. The Morgan fingerprint density at radius 3 is 2.58 bits per heavy atom. The number of rotatable bonds is 3. The van der Waals surface area contributed by atoms with Gasteiger partial charge in [-0.25, -0.2) is 0 Å². The molecule has 6 atom stereocenters. The number of ether oxygens (including phenoxy) is 2. The summed E-state index contributed by atoms with van der Waals surface area (Å²) in [5, 5.41) is 9.54. The van der Waals surface area contributed by atoms with E-state index in [9.17, 15) is 5.11 Å². The average Bonchev–Trinajstić information content (AvgIpc) is 3.20. The number of hydrogen-bond donors (Lipinski definition) is 1. The number of hydrogen-bond acceptors (Lipinski definition) is 3. The predicted molar refractivity (Wildman–Crippen MR) is 106 cm³/mol. The lowest BCUT2D eigenvalue weighted by Crippen LogP contribution is -2.56. The van der Waals surface area contributed by atoms with Crippen molar-refractivity contribution < 1.29 is 14.6 Å². The topological polar surface area (TPSA) is 38.7 Å². The zero-order valence-corrected chi connectivity index (χ0v) is 17.2. The molecule has 1 aliphatic heterocycles. The quantitative estimate of drug-likeness (QED) is 0.688. The molecule has 4 aliphatic rings. The lowest BCUT2D eigenvalue weighted by molar-refractivity contribution is -0.285. The van der Waals surface area contributed by atoms with Crippen molar-refractivity contribution in [1.29, 1.82) is 0 Å². The Bertz CT molecular complexity index is 470. The van der Waals surface area contributed by atoms with Crippen molar-refractivity contribution >= 4 is 0 Å². The van der Waals surface area contributed by atoms with Gasteiger partial charge in [0.15, 0.2) is 6.29 Å². The minimum Gasteiger partial charge on any atom is -0.396 e. The number of allylic oxidation sites excluding steroid dienone is 1. The second-order valence-electron chi connectivity index (χ2n) is 9.00. The van der Waals surface area contributed by atoms with Crippen molar-refractivity contribution in [3.63, 3.8) is 0 Å². The summed E-state index contributed by atoms with van der Waals surface area (Å²) in [6.07, 6.45) is 11.3. The molecule has 4 fully saturated rings. The highest BCUT2D eigenvalue weighted by molar-refractivity contribution is 5.15. The number of fused-ring (bicyclic) bond motifs is 3. The third-order valence-corrected chi connectivity index (χ3v) is 7.84. The van der Waals surface area contributed by atoms with Crippen molar-refractivity contribution in [2.75, 3.05) is 13.2 Å². The summed E-state index contributed by atoms with van der Waals surface area (Å²) in [7, 11) is 0. The molecule has 3 saturated carbocycles. The van der Waals surface area contributed by atoms with Crippen LogP contribution in [0.15, 0.2) is 12.2 Å². The second-order valence-corrected chi connectivity index (χ2v) is 9.00. The minimum absolute atomic E-state index is 0.0601. The van der Waals surface area contributed by atoms with Crippen molar-refractivity contribution in [2.24, 2.45) is 29.1 Å². The molecule has 3 nitrogen and oxygen atoms in total. The van der Waals surface area contributed by atoms with Gasteiger partial charge in [-0.15, -0.1) is 0 Å². The molecule has 4 rings (SSSR count). The van der Waals surface area contributed by atoms with Gasteiger partial charge in [-0.3, -0.25) is 0 Å². The zero-order chi connectivity index (χ0) is 18.7. The Morgan fingerprint density at radius 1 is 1.15 bits per heavy atom. The van der Waals surface area contributed by atoms with Crippen LogP contribution in [0.1, 0.15) is 78.6 Å². The lowest BCUT2D eigenvalue weighted by atomic mass is 9.50. The first-order chi connectivity index (χ1) is 12.6. The molecular weight excluding hydrogens is 324 g/mol. The van der Waals surface area contributed by atoms with E-state index in [-0.39, 0.29) is 18.3 Å². The zero-order valence-electron chi connectivity index (χ0n) is 17.2. The largest absolute Gasteiger partial charge is 0.396 e. The van der Waals surface area contributed by atoms with Gasteiger partial charge < -0.3 is 14.6 Å². The molecule has 1 N–H and O–H groups in total. The van der Waals surface area contributed by atoms with Gasteiger partial charge in [-0.05, 0) is 62.2 Å². The van der Waals surface area contributed by atoms with E-state index in [1.165, 1.54) is 44.1 Å². The molecule has 3 aliphatic carbocycles. The highest BCUT2D eigenvalue weighted by Crippen LogP contribution is 2.59. The molecule has 1 saturated heterocycles. The monoisotopic (exact) mass is 364 g/mol. The van der Waals surface area contributed by atoms with Gasteiger partial charge >= 0.3 is 0 Å². The fourth-order valence-electron chi connectivity index (χ4n) is 6.51. The summed E-state index contributed by atoms with van der Waals surface area (Å²) in [6, 6.07) is 0. The van der Waals surface area contributed by atoms with E-state index in [1.807, 2.05) is 13.8 Å². The first-order valence-corrected chi connectivity index (χ1v) is 11.2. The van der Waals surface area contributed by atoms with Crippen LogP contribution in [0.4, 0.5) is 0 Å². The van der Waals surface area contributed by atoms with Gasteiger partial charge in [0.1, 0.15) is 0 Å². The summed E-state index contributed by atoms with van der Waals surface area (Å²) >= 11 is 0. The van der Waals surface area contributed by atoms with Crippen LogP contribution in [0.25, 0.3) is 0 Å². The van der Waals surface area contributed by atoms with Crippen LogP contribution in [-0.4, -0.2) is 30.7 Å². The number of aliphatic hydroxyl groups excluding tert-OH is 1. The maximum Gasteiger partial charge on any atom is 0.160 e. The smallest absolute Gasteiger partial charge is 0.160 e. The van der Waals surface area contributed by atoms with E-state index in [0.29, 0.717) is 29.8 Å². The van der Waals surface area contributed by atoms with E-state index in [0.717, 1.165) is 25.9 Å². The van der Waals surface area contributed by atoms with Crippen LogP contribution < -0.4 is 0 Å². The third kappa shape index (κ3) is 3.64. The van der Waals surface area contributed by atoms with E-state index >= 15 is 0 Å². The summed E-state index contributed by atoms with van der Waals surface area (Å²) in [6.45, 7) is 11.9. The van der Waals surface area contributed by atoms with Gasteiger partial charge in [0.2, 0.25) is 0 Å². The Morgan fingerprint density at radius 2 is 1.88 bits per heavy atom. The van der Waals surface area contributed by atoms with Crippen LogP contribution in [0.5, 0.6) is 0 Å². The molecule has 3 heteroatoms. The normalized spacial score (nSPS) is 43.2. The Labute approximate surface area is 160 Å². The molecule has 0 amide bonds. The van der Waals surface area contributed by atoms with Crippen LogP contribution in [0, 0.1) is 29.1 Å². The van der Waals surface area contributed by atoms with Crippen LogP contribution >= 0.6 is 0 Å². The standard InChI is InChI=1S/C21H34O3.C2H6/c1-14-7-8-18-16-13-23-20(15-5-3-4-6-15)24-19(16)9-11-21(18,2)17(14)10-12-22;1-2/h15-20,22H,1,3-13H2,2H3;1-2H3/t16?,17?,18?,19?,20-,21?;/m1./s1. The van der Waals surface area contributed by atoms with Gasteiger partial charge in [0.25, 0.3) is 0 Å². The molecule has 1 heterocycles. The van der Waals surface area contributed by atoms with E-state index in [2.05, 4.69) is 13.5 Å². The first kappa shape index (κ1) is 20.4. The molecule has 5 unspecified atom stereocenters. The van der Waals surface area contributed by atoms with E-state index in [4.69, 9.17) is 9.47 Å². The predicted octanol–water partition coefficient (Wildman–Crippen LogP) is 5.33. The Balaban J connectivity index is 0.000000948. The van der Waals surface area contributed by atoms with Crippen LogP contribution in [0.3, 0.4) is 0 Å². The molecular formula is C23H40O3. The van der Waals surface area contributed by atoms with Crippen LogP contribution in [0.2, 0.25) is 0 Å². The maximum atomic E-state index is 9.54. The van der Waals surface area contributed by atoms with E-state index in [1.54, 1.807) is 0 Å². The van der Waals surface area contributed by atoms with Crippen molar-refractivity contribution in [3.8, 4) is 0 Å². The highest BCUT2D eigenvalue weighted by Gasteiger charge is 2.54. The van der Waals surface area contributed by atoms with Gasteiger partial charge in [0, 0.05) is 18.4 Å². The second kappa shape index (κ2) is 8.75. The summed E-state index contributed by atoms with van der Waals surface area (Å²) in [4.78, 5) is 0. The molecule has 150 valence electrons. The van der Waals surface area contributed by atoms with E-state index < -0.39 is 0 Å². The van der Waals surface area contributed by atoms with Crippen molar-refractivity contribution in [2.45, 2.75) is 91.0 Å². The lowest BCUT2D eigenvalue weighted by Gasteiger charge is -2.58. The fraction of sp³-hybridized carbons (Fsp3) is 0.913. The van der Waals surface area contributed by atoms with Crippen LogP contribution in [-0.2, 0) is 9.47 Å². The first-order valence-electron chi connectivity index (χ1n) is 11.2. The molecule has 0 aromatic rings. The number of aliphatic hydroxyl groups is 1.